The highest BCUT2D eigenvalue weighted by Crippen LogP contribution is 2.25. The maximum atomic E-state index is 12.6. The first-order valence-electron chi connectivity index (χ1n) is 8.19. The smallest absolute Gasteiger partial charge is 0.253 e. The monoisotopic (exact) mass is 320 g/mol. The fourth-order valence-electron chi connectivity index (χ4n) is 3.14. The molecular weight excluding hydrogens is 292 g/mol. The molecule has 128 valence electrons. The molecule has 1 aliphatic rings. The summed E-state index contributed by atoms with van der Waals surface area (Å²) < 4.78 is 5.10. The quantitative estimate of drug-likeness (QED) is 0.822. The third-order valence-corrected chi connectivity index (χ3v) is 4.62. The Labute approximate surface area is 138 Å². The molecule has 5 nitrogen and oxygen atoms in total. The Hall–Kier alpha value is -1.43. The lowest BCUT2D eigenvalue weighted by atomic mass is 9.96. The van der Waals surface area contributed by atoms with E-state index in [1.54, 1.807) is 7.11 Å². The molecule has 1 aliphatic heterocycles. The topological polar surface area (TPSA) is 53.0 Å². The van der Waals surface area contributed by atoms with Crippen LogP contribution in [0.3, 0.4) is 0 Å². The van der Waals surface area contributed by atoms with Gasteiger partial charge in [0.2, 0.25) is 0 Å². The minimum atomic E-state index is 0.0606. The number of likely N-dealkylation sites (tertiary alicyclic amines) is 1. The zero-order chi connectivity index (χ0) is 16.8. The Kier molecular flexibility index (Phi) is 6.57. The number of aliphatic hydroxyl groups is 1. The second kappa shape index (κ2) is 8.43. The molecule has 1 fully saturated rings. The minimum Gasteiger partial charge on any atom is -0.396 e. The average Bonchev–Trinajstić information content (AvgIpc) is 2.95. The van der Waals surface area contributed by atoms with E-state index < -0.39 is 0 Å². The van der Waals surface area contributed by atoms with Gasteiger partial charge in [0, 0.05) is 51.4 Å². The molecule has 1 saturated heterocycles. The standard InChI is InChI=1S/C18H28N2O3/c1-14-4-6-15(7-5-14)18(22)20-11-16(17(12-20)13-21)10-19(2)8-9-23-3/h4-7,16-17,21H,8-13H2,1-3H3/t16-,17-/m1/s1. The van der Waals surface area contributed by atoms with Crippen molar-refractivity contribution in [3.8, 4) is 0 Å². The molecule has 0 unspecified atom stereocenters. The van der Waals surface area contributed by atoms with Crippen molar-refractivity contribution in [2.24, 2.45) is 11.8 Å². The predicted molar refractivity (Wildman–Crippen MR) is 90.5 cm³/mol. The molecule has 1 amide bonds. The van der Waals surface area contributed by atoms with Crippen molar-refractivity contribution in [2.75, 3.05) is 53.6 Å². The van der Waals surface area contributed by atoms with Crippen LogP contribution in [-0.2, 0) is 4.74 Å². The van der Waals surface area contributed by atoms with E-state index in [0.717, 1.165) is 24.2 Å². The highest BCUT2D eigenvalue weighted by molar-refractivity contribution is 5.94. The predicted octanol–water partition coefficient (Wildman–Crippen LogP) is 1.25. The Morgan fingerprint density at radius 3 is 2.57 bits per heavy atom. The van der Waals surface area contributed by atoms with E-state index >= 15 is 0 Å². The first kappa shape index (κ1) is 17.9. The van der Waals surface area contributed by atoms with Crippen molar-refractivity contribution in [3.63, 3.8) is 0 Å². The fraction of sp³-hybridized carbons (Fsp3) is 0.611. The number of aryl methyl sites for hydroxylation is 1. The van der Waals surface area contributed by atoms with Gasteiger partial charge in [-0.3, -0.25) is 4.79 Å². The van der Waals surface area contributed by atoms with Gasteiger partial charge in [-0.1, -0.05) is 17.7 Å². The number of benzene rings is 1. The normalized spacial score (nSPS) is 21.2. The fourth-order valence-corrected chi connectivity index (χ4v) is 3.14. The molecule has 0 radical (unpaired) electrons. The molecule has 2 atom stereocenters. The van der Waals surface area contributed by atoms with Gasteiger partial charge in [0.1, 0.15) is 0 Å². The van der Waals surface area contributed by atoms with Gasteiger partial charge < -0.3 is 19.6 Å². The lowest BCUT2D eigenvalue weighted by molar-refractivity contribution is 0.0778. The maximum absolute atomic E-state index is 12.6. The molecular formula is C18H28N2O3. The van der Waals surface area contributed by atoms with E-state index in [-0.39, 0.29) is 18.4 Å². The van der Waals surface area contributed by atoms with Gasteiger partial charge in [0.25, 0.3) is 5.91 Å². The Morgan fingerprint density at radius 1 is 1.30 bits per heavy atom. The second-order valence-corrected chi connectivity index (χ2v) is 6.53. The summed E-state index contributed by atoms with van der Waals surface area (Å²) in [5.74, 6) is 0.510. The highest BCUT2D eigenvalue weighted by Gasteiger charge is 2.35. The van der Waals surface area contributed by atoms with Gasteiger partial charge in [-0.15, -0.1) is 0 Å². The molecule has 1 heterocycles. The van der Waals surface area contributed by atoms with Crippen LogP contribution < -0.4 is 0 Å². The first-order chi connectivity index (χ1) is 11.0. The molecule has 5 heteroatoms. The minimum absolute atomic E-state index is 0.0606. The van der Waals surface area contributed by atoms with E-state index in [1.807, 2.05) is 36.1 Å². The van der Waals surface area contributed by atoms with Gasteiger partial charge in [-0.05, 0) is 32.0 Å². The van der Waals surface area contributed by atoms with Crippen molar-refractivity contribution in [3.05, 3.63) is 35.4 Å². The summed E-state index contributed by atoms with van der Waals surface area (Å²) in [6, 6.07) is 7.68. The lowest BCUT2D eigenvalue weighted by Crippen LogP contribution is -2.33. The first-order valence-corrected chi connectivity index (χ1v) is 8.19. The van der Waals surface area contributed by atoms with Gasteiger partial charge in [0.05, 0.1) is 6.61 Å². The third-order valence-electron chi connectivity index (χ3n) is 4.62. The van der Waals surface area contributed by atoms with E-state index in [4.69, 9.17) is 4.74 Å². The number of carbonyl (C=O) groups is 1. The Morgan fingerprint density at radius 2 is 1.96 bits per heavy atom. The molecule has 1 N–H and O–H groups in total. The number of methoxy groups -OCH3 is 1. The molecule has 0 bridgehead atoms. The summed E-state index contributed by atoms with van der Waals surface area (Å²) in [4.78, 5) is 16.7. The Bertz CT molecular complexity index is 503. The van der Waals surface area contributed by atoms with Crippen LogP contribution in [0.5, 0.6) is 0 Å². The number of nitrogens with zero attached hydrogens (tertiary/aromatic N) is 2. The number of hydrogen-bond acceptors (Lipinski definition) is 4. The number of ether oxygens (including phenoxy) is 1. The summed E-state index contributed by atoms with van der Waals surface area (Å²) in [5.41, 5.74) is 1.87. The summed E-state index contributed by atoms with van der Waals surface area (Å²) in [6.45, 7) is 5.89. The van der Waals surface area contributed by atoms with Gasteiger partial charge in [-0.2, -0.15) is 0 Å². The molecule has 0 aliphatic carbocycles. The van der Waals surface area contributed by atoms with Crippen LogP contribution in [0, 0.1) is 18.8 Å². The van der Waals surface area contributed by atoms with Crippen LogP contribution >= 0.6 is 0 Å². The van der Waals surface area contributed by atoms with E-state index in [2.05, 4.69) is 11.9 Å². The van der Waals surface area contributed by atoms with Gasteiger partial charge >= 0.3 is 0 Å². The number of hydrogen-bond donors (Lipinski definition) is 1. The number of carbonyl (C=O) groups excluding carboxylic acids is 1. The highest BCUT2D eigenvalue weighted by atomic mass is 16.5. The lowest BCUT2D eigenvalue weighted by Gasteiger charge is -2.23. The van der Waals surface area contributed by atoms with Crippen molar-refractivity contribution in [2.45, 2.75) is 6.92 Å². The van der Waals surface area contributed by atoms with Crippen molar-refractivity contribution in [1.82, 2.24) is 9.80 Å². The Balaban J connectivity index is 1.97. The molecule has 0 aromatic heterocycles. The summed E-state index contributed by atoms with van der Waals surface area (Å²) in [5, 5.41) is 9.65. The van der Waals surface area contributed by atoms with Crippen molar-refractivity contribution >= 4 is 5.91 Å². The average molecular weight is 320 g/mol. The maximum Gasteiger partial charge on any atom is 0.253 e. The zero-order valence-electron chi connectivity index (χ0n) is 14.4. The molecule has 23 heavy (non-hydrogen) atoms. The van der Waals surface area contributed by atoms with Crippen LogP contribution in [0.4, 0.5) is 0 Å². The summed E-state index contributed by atoms with van der Waals surface area (Å²) >= 11 is 0. The summed E-state index contributed by atoms with van der Waals surface area (Å²) in [7, 11) is 3.75. The third kappa shape index (κ3) is 4.77. The van der Waals surface area contributed by atoms with Crippen LogP contribution in [0.15, 0.2) is 24.3 Å². The van der Waals surface area contributed by atoms with Gasteiger partial charge in [0.15, 0.2) is 0 Å². The molecule has 1 aromatic carbocycles. The molecule has 0 spiro atoms. The van der Waals surface area contributed by atoms with Crippen LogP contribution in [-0.4, -0.2) is 74.4 Å². The van der Waals surface area contributed by atoms with E-state index in [0.29, 0.717) is 25.6 Å². The SMILES string of the molecule is COCCN(C)C[C@@H]1CN(C(=O)c2ccc(C)cc2)C[C@@H]1CO. The van der Waals surface area contributed by atoms with Gasteiger partial charge in [-0.25, -0.2) is 0 Å². The molecule has 2 rings (SSSR count). The second-order valence-electron chi connectivity index (χ2n) is 6.53. The molecule has 1 aromatic rings. The number of likely N-dealkylation sites (N-methyl/N-ethyl adjacent to an activating group) is 1. The number of aliphatic hydroxyl groups excluding tert-OH is 1. The van der Waals surface area contributed by atoms with Crippen LogP contribution in [0.2, 0.25) is 0 Å². The van der Waals surface area contributed by atoms with Crippen LogP contribution in [0.1, 0.15) is 15.9 Å². The number of amides is 1. The molecule has 0 saturated carbocycles. The summed E-state index contributed by atoms with van der Waals surface area (Å²) in [6.07, 6.45) is 0. The van der Waals surface area contributed by atoms with Crippen molar-refractivity contribution < 1.29 is 14.6 Å². The van der Waals surface area contributed by atoms with Crippen molar-refractivity contribution in [1.29, 1.82) is 0 Å². The number of rotatable bonds is 7. The van der Waals surface area contributed by atoms with Crippen LogP contribution in [0.25, 0.3) is 0 Å². The van der Waals surface area contributed by atoms with E-state index in [1.165, 1.54) is 0 Å². The largest absolute Gasteiger partial charge is 0.396 e. The zero-order valence-corrected chi connectivity index (χ0v) is 14.4. The van der Waals surface area contributed by atoms with E-state index in [9.17, 15) is 9.90 Å².